The molecule has 250 valence electrons. The van der Waals surface area contributed by atoms with Gasteiger partial charge in [0.2, 0.25) is 0 Å². The lowest BCUT2D eigenvalue weighted by molar-refractivity contribution is 0.145. The van der Waals surface area contributed by atoms with E-state index in [-0.39, 0.29) is 23.1 Å². The average Bonchev–Trinajstić information content (AvgIpc) is 2.96. The molecule has 0 bridgehead atoms. The lowest BCUT2D eigenvalue weighted by atomic mass is 10.0. The van der Waals surface area contributed by atoms with Crippen LogP contribution in [0.1, 0.15) is 219 Å². The summed E-state index contributed by atoms with van der Waals surface area (Å²) in [7, 11) is -3.87. The van der Waals surface area contributed by atoms with Crippen molar-refractivity contribution in [2.24, 2.45) is 0 Å². The first kappa shape index (κ1) is 45.0. The van der Waals surface area contributed by atoms with Crippen LogP contribution in [0.5, 0.6) is 0 Å². The van der Waals surface area contributed by atoms with Gasteiger partial charge in [0.05, 0.1) is 13.2 Å². The Bertz CT molecular complexity index is 493. The minimum absolute atomic E-state index is 0. The van der Waals surface area contributed by atoms with Crippen molar-refractivity contribution in [2.75, 3.05) is 13.2 Å². The van der Waals surface area contributed by atoms with E-state index in [1.165, 1.54) is 180 Å². The molecular formula is C36H75MgO4P. The third-order valence-electron chi connectivity index (χ3n) is 8.50. The predicted octanol–water partition coefficient (Wildman–Crippen LogP) is 13.3. The van der Waals surface area contributed by atoms with Gasteiger partial charge < -0.3 is 4.89 Å². The van der Waals surface area contributed by atoms with Gasteiger partial charge in [-0.05, 0) is 12.8 Å². The molecule has 0 amide bonds. The van der Waals surface area contributed by atoms with Crippen LogP contribution in [0.2, 0.25) is 0 Å². The van der Waals surface area contributed by atoms with E-state index in [4.69, 9.17) is 9.05 Å². The number of phosphoric acid groups is 1. The summed E-state index contributed by atoms with van der Waals surface area (Å²) in [6.07, 6.45) is 42.2. The third kappa shape index (κ3) is 38.9. The van der Waals surface area contributed by atoms with Crippen molar-refractivity contribution in [3.05, 3.63) is 0 Å². The van der Waals surface area contributed by atoms with Crippen LogP contribution < -0.4 is 0 Å². The summed E-state index contributed by atoms with van der Waals surface area (Å²) in [6, 6.07) is 0. The lowest BCUT2D eigenvalue weighted by Gasteiger charge is -2.12. The Balaban J connectivity index is 0. The SMILES string of the molecule is CCCCCCCCCCCCCCCCCCOP(=O)(O)OCCCCCCCCCCCCCCCCCC.[Mg]. The minimum atomic E-state index is -3.87. The van der Waals surface area contributed by atoms with E-state index in [1.54, 1.807) is 0 Å². The first-order valence-corrected chi connectivity index (χ1v) is 20.2. The topological polar surface area (TPSA) is 55.8 Å². The van der Waals surface area contributed by atoms with Gasteiger partial charge in [-0.3, -0.25) is 9.05 Å². The van der Waals surface area contributed by atoms with Gasteiger partial charge in [0.25, 0.3) is 0 Å². The highest BCUT2D eigenvalue weighted by Crippen LogP contribution is 2.43. The van der Waals surface area contributed by atoms with E-state index in [0.29, 0.717) is 13.2 Å². The molecule has 4 nitrogen and oxygen atoms in total. The molecule has 0 unspecified atom stereocenters. The Hall–Kier alpha value is 0.876. The molecule has 0 fully saturated rings. The zero-order valence-electron chi connectivity index (χ0n) is 28.9. The molecule has 0 aromatic rings. The van der Waals surface area contributed by atoms with E-state index in [2.05, 4.69) is 13.8 Å². The van der Waals surface area contributed by atoms with E-state index in [1.807, 2.05) is 0 Å². The summed E-state index contributed by atoms with van der Waals surface area (Å²) >= 11 is 0. The van der Waals surface area contributed by atoms with Crippen LogP contribution in [-0.4, -0.2) is 41.2 Å². The van der Waals surface area contributed by atoms with Crippen molar-refractivity contribution in [1.82, 2.24) is 0 Å². The molecule has 0 heterocycles. The van der Waals surface area contributed by atoms with Gasteiger partial charge in [0, 0.05) is 23.1 Å². The average molecular weight is 627 g/mol. The Labute approximate surface area is 280 Å². The Morgan fingerprint density at radius 1 is 0.357 bits per heavy atom. The maximum Gasteiger partial charge on any atom is 0.472 e. The van der Waals surface area contributed by atoms with Gasteiger partial charge in [-0.15, -0.1) is 0 Å². The van der Waals surface area contributed by atoms with E-state index >= 15 is 0 Å². The van der Waals surface area contributed by atoms with Gasteiger partial charge in [-0.1, -0.05) is 206 Å². The fourth-order valence-electron chi connectivity index (χ4n) is 5.70. The molecular weight excluding hydrogens is 552 g/mol. The minimum Gasteiger partial charge on any atom is -0.302 e. The maximum absolute atomic E-state index is 12.0. The second kappa shape index (κ2) is 38.1. The molecule has 0 aliphatic heterocycles. The largest absolute Gasteiger partial charge is 0.472 e. The van der Waals surface area contributed by atoms with E-state index < -0.39 is 7.82 Å². The standard InChI is InChI=1S/C36H75O4P.Mg/c1-3-5-7-9-11-13-15-17-19-21-23-25-27-29-31-33-35-39-41(37,38)40-36-34-32-30-28-26-24-22-20-18-16-14-12-10-8-6-4-2;/h3-36H2,1-2H3,(H,37,38);. The fraction of sp³-hybridized carbons (Fsp3) is 1.00. The molecule has 0 saturated heterocycles. The smallest absolute Gasteiger partial charge is 0.302 e. The highest BCUT2D eigenvalue weighted by molar-refractivity contribution is 7.47. The summed E-state index contributed by atoms with van der Waals surface area (Å²) in [6.45, 7) is 5.21. The van der Waals surface area contributed by atoms with Gasteiger partial charge >= 0.3 is 7.82 Å². The van der Waals surface area contributed by atoms with E-state index in [9.17, 15) is 9.46 Å². The van der Waals surface area contributed by atoms with Gasteiger partial charge in [0.1, 0.15) is 0 Å². The van der Waals surface area contributed by atoms with Crippen LogP contribution in [0.3, 0.4) is 0 Å². The molecule has 6 heteroatoms. The van der Waals surface area contributed by atoms with Gasteiger partial charge in [0.15, 0.2) is 0 Å². The zero-order valence-corrected chi connectivity index (χ0v) is 31.2. The zero-order chi connectivity index (χ0) is 30.0. The molecule has 1 N–H and O–H groups in total. The molecule has 0 rings (SSSR count). The third-order valence-corrected chi connectivity index (χ3v) is 9.52. The molecule has 0 spiro atoms. The van der Waals surface area contributed by atoms with Crippen molar-refractivity contribution < 1.29 is 18.5 Å². The monoisotopic (exact) mass is 627 g/mol. The number of rotatable bonds is 36. The highest BCUT2D eigenvalue weighted by atomic mass is 31.2. The fourth-order valence-corrected chi connectivity index (χ4v) is 6.49. The van der Waals surface area contributed by atoms with Gasteiger partial charge in [-0.25, -0.2) is 4.57 Å². The van der Waals surface area contributed by atoms with Crippen molar-refractivity contribution >= 4 is 30.9 Å². The summed E-state index contributed by atoms with van der Waals surface area (Å²) in [4.78, 5) is 9.88. The van der Waals surface area contributed by atoms with Crippen LogP contribution in [0.4, 0.5) is 0 Å². The van der Waals surface area contributed by atoms with Crippen molar-refractivity contribution in [3.8, 4) is 0 Å². The molecule has 0 aliphatic rings. The van der Waals surface area contributed by atoms with Crippen LogP contribution in [-0.2, 0) is 13.6 Å². The molecule has 2 radical (unpaired) electrons. The molecule has 42 heavy (non-hydrogen) atoms. The summed E-state index contributed by atoms with van der Waals surface area (Å²) in [5.41, 5.74) is 0. The second-order valence-electron chi connectivity index (χ2n) is 12.7. The van der Waals surface area contributed by atoms with Crippen LogP contribution in [0, 0.1) is 0 Å². The Morgan fingerprint density at radius 2 is 0.524 bits per heavy atom. The van der Waals surface area contributed by atoms with Gasteiger partial charge in [-0.2, -0.15) is 0 Å². The Kier molecular flexibility index (Phi) is 40.8. The summed E-state index contributed by atoms with van der Waals surface area (Å²) < 4.78 is 22.4. The molecule has 0 saturated carbocycles. The number of unbranched alkanes of at least 4 members (excludes halogenated alkanes) is 30. The quantitative estimate of drug-likeness (QED) is 0.0427. The van der Waals surface area contributed by atoms with E-state index in [0.717, 1.165) is 25.7 Å². The Morgan fingerprint density at radius 3 is 0.714 bits per heavy atom. The van der Waals surface area contributed by atoms with Crippen molar-refractivity contribution in [1.29, 1.82) is 0 Å². The maximum atomic E-state index is 12.0. The number of hydrogen-bond acceptors (Lipinski definition) is 3. The van der Waals surface area contributed by atoms with Crippen molar-refractivity contribution in [2.45, 2.75) is 219 Å². The molecule has 0 aliphatic carbocycles. The highest BCUT2D eigenvalue weighted by Gasteiger charge is 2.19. The van der Waals surface area contributed by atoms with Crippen LogP contribution >= 0.6 is 7.82 Å². The normalized spacial score (nSPS) is 11.7. The van der Waals surface area contributed by atoms with Crippen molar-refractivity contribution in [3.63, 3.8) is 0 Å². The number of hydrogen-bond donors (Lipinski definition) is 1. The first-order chi connectivity index (χ1) is 20.1. The molecule has 0 atom stereocenters. The van der Waals surface area contributed by atoms with Crippen LogP contribution in [0.25, 0.3) is 0 Å². The van der Waals surface area contributed by atoms with Crippen LogP contribution in [0.15, 0.2) is 0 Å². The molecule has 0 aromatic carbocycles. The first-order valence-electron chi connectivity index (χ1n) is 18.7. The lowest BCUT2D eigenvalue weighted by Crippen LogP contribution is -1.99. The summed E-state index contributed by atoms with van der Waals surface area (Å²) in [5.74, 6) is 0. The predicted molar refractivity (Wildman–Crippen MR) is 187 cm³/mol. The summed E-state index contributed by atoms with van der Waals surface area (Å²) in [5, 5.41) is 0. The molecule has 0 aromatic heterocycles. The number of phosphoric ester groups is 1. The second-order valence-corrected chi connectivity index (χ2v) is 14.2.